The summed E-state index contributed by atoms with van der Waals surface area (Å²) in [5.74, 6) is -4.66. The quantitative estimate of drug-likeness (QED) is 0.829. The largest absolute Gasteiger partial charge is 0.323 e. The van der Waals surface area contributed by atoms with Gasteiger partial charge in [-0.1, -0.05) is 24.3 Å². The van der Waals surface area contributed by atoms with Crippen molar-refractivity contribution >= 4 is 11.6 Å². The molecule has 0 saturated heterocycles. The fraction of sp³-hybridized carbons (Fsp3) is 0.235. The molecule has 120 valence electrons. The highest BCUT2D eigenvalue weighted by Gasteiger charge is 2.22. The Kier molecular flexibility index (Phi) is 4.34. The lowest BCUT2D eigenvalue weighted by molar-refractivity contribution is -0.907. The maximum atomic E-state index is 13.6. The van der Waals surface area contributed by atoms with Crippen molar-refractivity contribution in [3.8, 4) is 0 Å². The molecule has 0 bridgehead atoms. The van der Waals surface area contributed by atoms with Crippen LogP contribution < -0.4 is 10.2 Å². The lowest BCUT2D eigenvalue weighted by atomic mass is 10.00. The van der Waals surface area contributed by atoms with Crippen molar-refractivity contribution in [1.82, 2.24) is 0 Å². The number of carbonyl (C=O) groups excluding carboxylic acids is 1. The van der Waals surface area contributed by atoms with E-state index >= 15 is 0 Å². The van der Waals surface area contributed by atoms with Crippen LogP contribution in [0.4, 0.5) is 18.9 Å². The van der Waals surface area contributed by atoms with Gasteiger partial charge in [-0.25, -0.2) is 13.2 Å². The van der Waals surface area contributed by atoms with Crippen LogP contribution in [-0.4, -0.2) is 19.0 Å². The molecule has 2 aromatic rings. The van der Waals surface area contributed by atoms with Gasteiger partial charge in [0.15, 0.2) is 24.0 Å². The predicted molar refractivity (Wildman–Crippen MR) is 79.5 cm³/mol. The number of anilines is 1. The standard InChI is InChI=1S/C17H15F3N2O/c18-13-5-6-14(17(20)16(13)19)21-15(23)10-22-8-7-11-3-1-2-4-12(11)9-22/h1-6H,7-10H2,(H,21,23)/p+1. The number of benzene rings is 2. The molecule has 1 aliphatic heterocycles. The number of carbonyl (C=O) groups is 1. The molecule has 2 aromatic carbocycles. The summed E-state index contributed by atoms with van der Waals surface area (Å²) in [6, 6.07) is 9.86. The molecular weight excluding hydrogens is 305 g/mol. The van der Waals surface area contributed by atoms with Gasteiger partial charge in [-0.3, -0.25) is 4.79 Å². The van der Waals surface area contributed by atoms with E-state index in [0.29, 0.717) is 6.54 Å². The zero-order valence-electron chi connectivity index (χ0n) is 12.3. The average Bonchev–Trinajstić information content (AvgIpc) is 2.55. The molecule has 3 rings (SSSR count). The molecule has 23 heavy (non-hydrogen) atoms. The van der Waals surface area contributed by atoms with Crippen LogP contribution in [-0.2, 0) is 17.8 Å². The van der Waals surface area contributed by atoms with Gasteiger partial charge >= 0.3 is 0 Å². The summed E-state index contributed by atoms with van der Waals surface area (Å²) in [5.41, 5.74) is 2.13. The van der Waals surface area contributed by atoms with Crippen LogP contribution in [0, 0.1) is 17.5 Å². The van der Waals surface area contributed by atoms with E-state index in [2.05, 4.69) is 11.4 Å². The van der Waals surface area contributed by atoms with Gasteiger partial charge in [-0.15, -0.1) is 0 Å². The number of fused-ring (bicyclic) bond motifs is 1. The molecule has 1 aliphatic rings. The normalized spacial score (nSPS) is 16.7. The molecular formula is C17H16F3N2O+. The van der Waals surface area contributed by atoms with Gasteiger partial charge in [0.1, 0.15) is 6.54 Å². The number of quaternary nitrogens is 1. The fourth-order valence-corrected chi connectivity index (χ4v) is 2.84. The zero-order valence-corrected chi connectivity index (χ0v) is 12.3. The maximum Gasteiger partial charge on any atom is 0.279 e. The Labute approximate surface area is 131 Å². The molecule has 0 fully saturated rings. The van der Waals surface area contributed by atoms with E-state index in [1.165, 1.54) is 11.1 Å². The zero-order chi connectivity index (χ0) is 16.4. The minimum Gasteiger partial charge on any atom is -0.323 e. The smallest absolute Gasteiger partial charge is 0.279 e. The molecule has 0 saturated carbocycles. The highest BCUT2D eigenvalue weighted by Crippen LogP contribution is 2.19. The van der Waals surface area contributed by atoms with E-state index in [-0.39, 0.29) is 12.2 Å². The van der Waals surface area contributed by atoms with Crippen LogP contribution in [0.1, 0.15) is 11.1 Å². The molecule has 6 heteroatoms. The van der Waals surface area contributed by atoms with Crippen LogP contribution in [0.5, 0.6) is 0 Å². The first-order valence-corrected chi connectivity index (χ1v) is 7.38. The van der Waals surface area contributed by atoms with Gasteiger partial charge < -0.3 is 10.2 Å². The van der Waals surface area contributed by atoms with E-state index in [0.717, 1.165) is 30.0 Å². The minimum atomic E-state index is -1.58. The Morgan fingerprint density at radius 2 is 1.78 bits per heavy atom. The van der Waals surface area contributed by atoms with E-state index in [9.17, 15) is 18.0 Å². The van der Waals surface area contributed by atoms with E-state index < -0.39 is 23.4 Å². The summed E-state index contributed by atoms with van der Waals surface area (Å²) >= 11 is 0. The van der Waals surface area contributed by atoms with Crippen molar-refractivity contribution in [3.63, 3.8) is 0 Å². The van der Waals surface area contributed by atoms with Crippen molar-refractivity contribution in [3.05, 3.63) is 65.0 Å². The highest BCUT2D eigenvalue weighted by molar-refractivity contribution is 5.91. The number of hydrogen-bond donors (Lipinski definition) is 2. The molecule has 0 radical (unpaired) electrons. The van der Waals surface area contributed by atoms with Crippen LogP contribution in [0.15, 0.2) is 36.4 Å². The van der Waals surface area contributed by atoms with Gasteiger partial charge in [0.05, 0.1) is 12.2 Å². The second kappa shape index (κ2) is 6.42. The van der Waals surface area contributed by atoms with Crippen LogP contribution in [0.3, 0.4) is 0 Å². The maximum absolute atomic E-state index is 13.6. The Hall–Kier alpha value is -2.34. The molecule has 1 unspecified atom stereocenters. The molecule has 1 heterocycles. The highest BCUT2D eigenvalue weighted by atomic mass is 19.2. The van der Waals surface area contributed by atoms with Crippen LogP contribution in [0.2, 0.25) is 0 Å². The number of nitrogens with one attached hydrogen (secondary N) is 2. The van der Waals surface area contributed by atoms with Crippen molar-refractivity contribution in [2.75, 3.05) is 18.4 Å². The summed E-state index contributed by atoms with van der Waals surface area (Å²) in [7, 11) is 0. The van der Waals surface area contributed by atoms with Crippen molar-refractivity contribution in [2.45, 2.75) is 13.0 Å². The third-order valence-corrected chi connectivity index (χ3v) is 4.03. The van der Waals surface area contributed by atoms with Crippen molar-refractivity contribution in [1.29, 1.82) is 0 Å². The first kappa shape index (κ1) is 15.6. The average molecular weight is 321 g/mol. The number of halogens is 3. The summed E-state index contributed by atoms with van der Waals surface area (Å²) in [4.78, 5) is 13.1. The van der Waals surface area contributed by atoms with E-state index in [4.69, 9.17) is 0 Å². The molecule has 1 atom stereocenters. The van der Waals surface area contributed by atoms with E-state index in [1.807, 2.05) is 18.2 Å². The summed E-state index contributed by atoms with van der Waals surface area (Å²) in [6.07, 6.45) is 0.873. The van der Waals surface area contributed by atoms with Gasteiger partial charge in [-0.2, -0.15) is 0 Å². The lowest BCUT2D eigenvalue weighted by Gasteiger charge is -2.25. The lowest BCUT2D eigenvalue weighted by Crippen LogP contribution is -3.12. The van der Waals surface area contributed by atoms with Gasteiger partial charge in [-0.05, 0) is 17.7 Å². The Balaban J connectivity index is 1.64. The van der Waals surface area contributed by atoms with Crippen molar-refractivity contribution in [2.24, 2.45) is 0 Å². The second-order valence-corrected chi connectivity index (χ2v) is 5.64. The first-order chi connectivity index (χ1) is 11.0. The number of rotatable bonds is 3. The summed E-state index contributed by atoms with van der Waals surface area (Å²) < 4.78 is 39.6. The SMILES string of the molecule is O=C(C[NH+]1CCc2ccccc2C1)Nc1ccc(F)c(F)c1F. The summed E-state index contributed by atoms with van der Waals surface area (Å²) in [5, 5.41) is 2.31. The third kappa shape index (κ3) is 3.37. The van der Waals surface area contributed by atoms with Crippen LogP contribution in [0.25, 0.3) is 0 Å². The monoisotopic (exact) mass is 321 g/mol. The predicted octanol–water partition coefficient (Wildman–Crippen LogP) is 1.68. The van der Waals surface area contributed by atoms with Crippen LogP contribution >= 0.6 is 0 Å². The topological polar surface area (TPSA) is 33.5 Å². The van der Waals surface area contributed by atoms with Crippen molar-refractivity contribution < 1.29 is 22.9 Å². The molecule has 0 aromatic heterocycles. The Morgan fingerprint density at radius 3 is 2.57 bits per heavy atom. The third-order valence-electron chi connectivity index (χ3n) is 4.03. The molecule has 0 aliphatic carbocycles. The number of hydrogen-bond acceptors (Lipinski definition) is 1. The molecule has 1 amide bonds. The molecule has 3 nitrogen and oxygen atoms in total. The Morgan fingerprint density at radius 1 is 1.04 bits per heavy atom. The Bertz CT molecular complexity index is 749. The van der Waals surface area contributed by atoms with Gasteiger partial charge in [0.25, 0.3) is 5.91 Å². The molecule has 2 N–H and O–H groups in total. The summed E-state index contributed by atoms with van der Waals surface area (Å²) in [6.45, 7) is 1.65. The number of amides is 1. The fourth-order valence-electron chi connectivity index (χ4n) is 2.84. The molecule has 0 spiro atoms. The van der Waals surface area contributed by atoms with Gasteiger partial charge in [0, 0.05) is 12.0 Å². The first-order valence-electron chi connectivity index (χ1n) is 7.38. The second-order valence-electron chi connectivity index (χ2n) is 5.64. The van der Waals surface area contributed by atoms with E-state index in [1.54, 1.807) is 0 Å². The van der Waals surface area contributed by atoms with Gasteiger partial charge in [0.2, 0.25) is 0 Å². The minimum absolute atomic E-state index is 0.146.